The molecule has 1 unspecified atom stereocenters. The maximum absolute atomic E-state index is 11.1. The number of nitrogens with one attached hydrogen (secondary N) is 1. The van der Waals surface area contributed by atoms with Gasteiger partial charge in [-0.25, -0.2) is 0 Å². The highest BCUT2D eigenvalue weighted by Gasteiger charge is 2.35. The molecule has 1 aromatic carbocycles. The molecule has 2 aliphatic rings. The zero-order valence-electron chi connectivity index (χ0n) is 11.3. The summed E-state index contributed by atoms with van der Waals surface area (Å²) in [6.45, 7) is 1.83. The second-order valence-electron chi connectivity index (χ2n) is 5.34. The van der Waals surface area contributed by atoms with Crippen molar-refractivity contribution in [2.45, 2.75) is 25.3 Å². The number of carboxylic acid groups (broad SMARTS) is 1. The molecule has 2 N–H and O–H groups in total. The van der Waals surface area contributed by atoms with E-state index in [1.807, 2.05) is 18.2 Å². The summed E-state index contributed by atoms with van der Waals surface area (Å²) < 4.78 is 11.0. The summed E-state index contributed by atoms with van der Waals surface area (Å²) in [4.78, 5) is 11.1. The third-order valence-corrected chi connectivity index (χ3v) is 3.74. The zero-order valence-corrected chi connectivity index (χ0v) is 11.3. The third-order valence-electron chi connectivity index (χ3n) is 3.74. The molecule has 0 saturated heterocycles. The van der Waals surface area contributed by atoms with Crippen LogP contribution in [0.4, 0.5) is 0 Å². The normalized spacial score (nSPS) is 18.6. The van der Waals surface area contributed by atoms with Crippen molar-refractivity contribution in [3.8, 4) is 11.5 Å². The summed E-state index contributed by atoms with van der Waals surface area (Å²) >= 11 is 0. The van der Waals surface area contributed by atoms with E-state index in [1.165, 1.54) is 0 Å². The van der Waals surface area contributed by atoms with E-state index in [0.29, 0.717) is 25.7 Å². The molecule has 1 saturated carbocycles. The lowest BCUT2D eigenvalue weighted by molar-refractivity contribution is -0.140. The molecule has 0 spiro atoms. The van der Waals surface area contributed by atoms with Gasteiger partial charge in [-0.1, -0.05) is 6.07 Å². The predicted octanol–water partition coefficient (Wildman–Crippen LogP) is 1.45. The molecule has 20 heavy (non-hydrogen) atoms. The number of carboxylic acids is 1. The monoisotopic (exact) mass is 277 g/mol. The Hall–Kier alpha value is -1.75. The van der Waals surface area contributed by atoms with Gasteiger partial charge >= 0.3 is 5.97 Å². The van der Waals surface area contributed by atoms with Crippen molar-refractivity contribution in [2.75, 3.05) is 19.8 Å². The average Bonchev–Trinajstić information content (AvgIpc) is 3.27. The molecule has 1 heterocycles. The smallest absolute Gasteiger partial charge is 0.320 e. The Kier molecular flexibility index (Phi) is 3.78. The zero-order chi connectivity index (χ0) is 13.9. The molecule has 0 aromatic heterocycles. The van der Waals surface area contributed by atoms with E-state index < -0.39 is 12.0 Å². The van der Waals surface area contributed by atoms with E-state index in [9.17, 15) is 4.79 Å². The highest BCUT2D eigenvalue weighted by atomic mass is 16.6. The Morgan fingerprint density at radius 1 is 1.30 bits per heavy atom. The maximum atomic E-state index is 11.1. The number of hydrogen-bond donors (Lipinski definition) is 2. The molecule has 1 fully saturated rings. The lowest BCUT2D eigenvalue weighted by Crippen LogP contribution is -2.39. The quantitative estimate of drug-likeness (QED) is 0.824. The Morgan fingerprint density at radius 2 is 2.05 bits per heavy atom. The standard InChI is InChI=1S/C15H19NO4/c17-15(18)14(11-2-3-11)16-6-5-10-1-4-12-13(9-10)20-8-7-19-12/h1,4,9,11,14,16H,2-3,5-8H2,(H,17,18). The highest BCUT2D eigenvalue weighted by Crippen LogP contribution is 2.33. The van der Waals surface area contributed by atoms with Gasteiger partial charge in [-0.2, -0.15) is 0 Å². The van der Waals surface area contributed by atoms with Gasteiger partial charge in [0.2, 0.25) is 0 Å². The third kappa shape index (κ3) is 3.04. The van der Waals surface area contributed by atoms with E-state index in [4.69, 9.17) is 14.6 Å². The van der Waals surface area contributed by atoms with Crippen LogP contribution in [0.3, 0.4) is 0 Å². The van der Waals surface area contributed by atoms with Gasteiger partial charge in [-0.3, -0.25) is 4.79 Å². The first-order valence-corrected chi connectivity index (χ1v) is 7.09. The minimum Gasteiger partial charge on any atom is -0.486 e. The van der Waals surface area contributed by atoms with E-state index in [-0.39, 0.29) is 0 Å². The fourth-order valence-electron chi connectivity index (χ4n) is 2.50. The van der Waals surface area contributed by atoms with Crippen LogP contribution in [0.25, 0.3) is 0 Å². The fourth-order valence-corrected chi connectivity index (χ4v) is 2.50. The lowest BCUT2D eigenvalue weighted by atomic mass is 10.1. The number of ether oxygens (including phenoxy) is 2. The number of benzene rings is 1. The molecule has 3 rings (SSSR count). The first-order chi connectivity index (χ1) is 9.74. The van der Waals surface area contributed by atoms with Crippen LogP contribution >= 0.6 is 0 Å². The van der Waals surface area contributed by atoms with Crippen LogP contribution in [0.15, 0.2) is 18.2 Å². The molecule has 0 amide bonds. The van der Waals surface area contributed by atoms with Gasteiger partial charge in [0.05, 0.1) is 0 Å². The molecule has 5 nitrogen and oxygen atoms in total. The van der Waals surface area contributed by atoms with Crippen molar-refractivity contribution >= 4 is 5.97 Å². The predicted molar refractivity (Wildman–Crippen MR) is 73.3 cm³/mol. The molecule has 5 heteroatoms. The Balaban J connectivity index is 1.54. The van der Waals surface area contributed by atoms with Crippen molar-refractivity contribution in [3.05, 3.63) is 23.8 Å². The summed E-state index contributed by atoms with van der Waals surface area (Å²) in [6.07, 6.45) is 2.83. The Morgan fingerprint density at radius 3 is 2.75 bits per heavy atom. The van der Waals surface area contributed by atoms with Crippen LogP contribution < -0.4 is 14.8 Å². The minimum absolute atomic E-state index is 0.313. The van der Waals surface area contributed by atoms with Crippen molar-refractivity contribution in [1.82, 2.24) is 5.32 Å². The van der Waals surface area contributed by atoms with E-state index in [0.717, 1.165) is 36.3 Å². The van der Waals surface area contributed by atoms with Crippen LogP contribution in [0, 0.1) is 5.92 Å². The van der Waals surface area contributed by atoms with Crippen LogP contribution in [0.5, 0.6) is 11.5 Å². The highest BCUT2D eigenvalue weighted by molar-refractivity contribution is 5.74. The maximum Gasteiger partial charge on any atom is 0.320 e. The number of rotatable bonds is 6. The SMILES string of the molecule is O=C(O)C(NCCc1ccc2c(c1)OCCO2)C1CC1. The van der Waals surface area contributed by atoms with Crippen LogP contribution in [-0.2, 0) is 11.2 Å². The van der Waals surface area contributed by atoms with Crippen LogP contribution in [0.1, 0.15) is 18.4 Å². The van der Waals surface area contributed by atoms with E-state index in [1.54, 1.807) is 0 Å². The molecule has 1 aliphatic carbocycles. The summed E-state index contributed by atoms with van der Waals surface area (Å²) in [5, 5.41) is 12.3. The van der Waals surface area contributed by atoms with Crippen molar-refractivity contribution in [2.24, 2.45) is 5.92 Å². The Labute approximate surface area is 117 Å². The number of hydrogen-bond acceptors (Lipinski definition) is 4. The number of aliphatic carboxylic acids is 1. The van der Waals surface area contributed by atoms with Gasteiger partial charge < -0.3 is 19.9 Å². The van der Waals surface area contributed by atoms with Gasteiger partial charge in [0, 0.05) is 0 Å². The van der Waals surface area contributed by atoms with Crippen molar-refractivity contribution in [1.29, 1.82) is 0 Å². The first-order valence-electron chi connectivity index (χ1n) is 7.09. The number of carbonyl (C=O) groups is 1. The van der Waals surface area contributed by atoms with Gasteiger partial charge in [-0.15, -0.1) is 0 Å². The molecule has 0 bridgehead atoms. The number of fused-ring (bicyclic) bond motifs is 1. The van der Waals surface area contributed by atoms with Crippen molar-refractivity contribution < 1.29 is 19.4 Å². The van der Waals surface area contributed by atoms with Crippen LogP contribution in [-0.4, -0.2) is 36.9 Å². The fraction of sp³-hybridized carbons (Fsp3) is 0.533. The Bertz CT molecular complexity index is 499. The molecule has 0 radical (unpaired) electrons. The second kappa shape index (κ2) is 5.71. The second-order valence-corrected chi connectivity index (χ2v) is 5.34. The molecular weight excluding hydrogens is 258 g/mol. The van der Waals surface area contributed by atoms with E-state index >= 15 is 0 Å². The molecular formula is C15H19NO4. The van der Waals surface area contributed by atoms with Gasteiger partial charge in [0.15, 0.2) is 11.5 Å². The lowest BCUT2D eigenvalue weighted by Gasteiger charge is -2.19. The van der Waals surface area contributed by atoms with Crippen molar-refractivity contribution in [3.63, 3.8) is 0 Å². The van der Waals surface area contributed by atoms with E-state index in [2.05, 4.69) is 5.32 Å². The first kappa shape index (κ1) is 13.2. The van der Waals surface area contributed by atoms with Gasteiger partial charge in [0.1, 0.15) is 19.3 Å². The average molecular weight is 277 g/mol. The summed E-state index contributed by atoms with van der Waals surface area (Å²) in [7, 11) is 0. The molecule has 1 aliphatic heterocycles. The summed E-state index contributed by atoms with van der Waals surface area (Å²) in [5.74, 6) is 1.14. The van der Waals surface area contributed by atoms with Gasteiger partial charge in [0.25, 0.3) is 0 Å². The minimum atomic E-state index is -0.741. The molecule has 1 atom stereocenters. The largest absolute Gasteiger partial charge is 0.486 e. The molecule has 1 aromatic rings. The van der Waals surface area contributed by atoms with Crippen LogP contribution in [0.2, 0.25) is 0 Å². The summed E-state index contributed by atoms with van der Waals surface area (Å²) in [5.41, 5.74) is 1.13. The molecule has 108 valence electrons. The topological polar surface area (TPSA) is 67.8 Å². The van der Waals surface area contributed by atoms with Gasteiger partial charge in [-0.05, 0) is 49.4 Å². The summed E-state index contributed by atoms with van der Waals surface area (Å²) in [6, 6.07) is 5.50.